The Bertz CT molecular complexity index is 229. The summed E-state index contributed by atoms with van der Waals surface area (Å²) in [5.74, 6) is 0. The molecule has 0 amide bonds. The zero-order chi connectivity index (χ0) is 14.8. The first-order valence-corrected chi connectivity index (χ1v) is 8.66. The zero-order valence-electron chi connectivity index (χ0n) is 14.2. The third-order valence-corrected chi connectivity index (χ3v) is 4.97. The molecule has 3 nitrogen and oxygen atoms in total. The van der Waals surface area contributed by atoms with E-state index in [0.29, 0.717) is 11.5 Å². The van der Waals surface area contributed by atoms with E-state index < -0.39 is 0 Å². The maximum Gasteiger partial charge on any atom is 0.0518 e. The highest BCUT2D eigenvalue weighted by Crippen LogP contribution is 2.37. The van der Waals surface area contributed by atoms with Crippen molar-refractivity contribution in [3.63, 3.8) is 0 Å². The molecule has 1 rings (SSSR count). The SMILES string of the molecule is CCC1(CC)CCN(CCNCCCOC(C)C)CC1. The number of rotatable bonds is 10. The van der Waals surface area contributed by atoms with E-state index in [9.17, 15) is 0 Å². The summed E-state index contributed by atoms with van der Waals surface area (Å²) >= 11 is 0. The smallest absolute Gasteiger partial charge is 0.0518 e. The lowest BCUT2D eigenvalue weighted by Gasteiger charge is -2.41. The molecule has 0 aromatic carbocycles. The van der Waals surface area contributed by atoms with Crippen molar-refractivity contribution < 1.29 is 4.74 Å². The van der Waals surface area contributed by atoms with Gasteiger partial charge in [0.15, 0.2) is 0 Å². The minimum atomic E-state index is 0.362. The van der Waals surface area contributed by atoms with Crippen LogP contribution in [0.15, 0.2) is 0 Å². The second-order valence-electron chi connectivity index (χ2n) is 6.57. The van der Waals surface area contributed by atoms with Crippen LogP contribution in [0, 0.1) is 5.41 Å². The van der Waals surface area contributed by atoms with E-state index in [0.717, 1.165) is 26.1 Å². The number of hydrogen-bond donors (Lipinski definition) is 1. The topological polar surface area (TPSA) is 24.5 Å². The van der Waals surface area contributed by atoms with Crippen LogP contribution in [0.3, 0.4) is 0 Å². The van der Waals surface area contributed by atoms with Gasteiger partial charge in [0, 0.05) is 19.7 Å². The molecule has 1 saturated heterocycles. The van der Waals surface area contributed by atoms with Crippen molar-refractivity contribution in [1.29, 1.82) is 0 Å². The molecule has 0 unspecified atom stereocenters. The van der Waals surface area contributed by atoms with Crippen molar-refractivity contribution >= 4 is 0 Å². The minimum Gasteiger partial charge on any atom is -0.379 e. The van der Waals surface area contributed by atoms with Crippen LogP contribution >= 0.6 is 0 Å². The number of likely N-dealkylation sites (tertiary alicyclic amines) is 1. The van der Waals surface area contributed by atoms with Crippen molar-refractivity contribution in [2.75, 3.05) is 39.3 Å². The van der Waals surface area contributed by atoms with Gasteiger partial charge < -0.3 is 15.0 Å². The van der Waals surface area contributed by atoms with Crippen LogP contribution in [0.1, 0.15) is 59.8 Å². The Morgan fingerprint density at radius 1 is 1.10 bits per heavy atom. The molecule has 0 aliphatic carbocycles. The van der Waals surface area contributed by atoms with Gasteiger partial charge in [-0.05, 0) is 58.2 Å². The molecular weight excluding hydrogens is 248 g/mol. The molecule has 0 radical (unpaired) electrons. The van der Waals surface area contributed by atoms with Crippen LogP contribution in [0.2, 0.25) is 0 Å². The van der Waals surface area contributed by atoms with Crippen LogP contribution in [0.4, 0.5) is 0 Å². The lowest BCUT2D eigenvalue weighted by molar-refractivity contribution is 0.0763. The second-order valence-corrected chi connectivity index (χ2v) is 6.57. The van der Waals surface area contributed by atoms with Gasteiger partial charge in [-0.15, -0.1) is 0 Å². The summed E-state index contributed by atoms with van der Waals surface area (Å²) in [5, 5.41) is 3.53. The lowest BCUT2D eigenvalue weighted by atomic mass is 9.74. The van der Waals surface area contributed by atoms with E-state index in [1.54, 1.807) is 0 Å². The third-order valence-electron chi connectivity index (χ3n) is 4.97. The highest BCUT2D eigenvalue weighted by atomic mass is 16.5. The standard InChI is InChI=1S/C17H36N2O/c1-5-17(6-2)8-12-19(13-9-17)14-11-18-10-7-15-20-16(3)4/h16,18H,5-15H2,1-4H3. The largest absolute Gasteiger partial charge is 0.379 e. The normalized spacial score (nSPS) is 19.6. The van der Waals surface area contributed by atoms with E-state index in [4.69, 9.17) is 4.74 Å². The Kier molecular flexibility index (Phi) is 8.74. The van der Waals surface area contributed by atoms with Crippen LogP contribution in [0.25, 0.3) is 0 Å². The third kappa shape index (κ3) is 6.55. The fourth-order valence-electron chi connectivity index (χ4n) is 3.09. The van der Waals surface area contributed by atoms with E-state index in [1.807, 2.05) is 0 Å². The molecule has 1 fully saturated rings. The monoisotopic (exact) mass is 284 g/mol. The summed E-state index contributed by atoms with van der Waals surface area (Å²) in [4.78, 5) is 2.63. The van der Waals surface area contributed by atoms with Crippen molar-refractivity contribution in [2.24, 2.45) is 5.41 Å². The number of piperidine rings is 1. The predicted molar refractivity (Wildman–Crippen MR) is 87.3 cm³/mol. The molecule has 0 spiro atoms. The highest BCUT2D eigenvalue weighted by molar-refractivity contribution is 4.84. The molecule has 1 heterocycles. The van der Waals surface area contributed by atoms with Crippen LogP contribution in [0.5, 0.6) is 0 Å². The van der Waals surface area contributed by atoms with Crippen molar-refractivity contribution in [1.82, 2.24) is 10.2 Å². The maximum atomic E-state index is 5.54. The van der Waals surface area contributed by atoms with Gasteiger partial charge in [-0.1, -0.05) is 26.7 Å². The number of hydrogen-bond acceptors (Lipinski definition) is 3. The summed E-state index contributed by atoms with van der Waals surface area (Å²) in [7, 11) is 0. The van der Waals surface area contributed by atoms with Crippen LogP contribution in [-0.4, -0.2) is 50.3 Å². The first-order valence-electron chi connectivity index (χ1n) is 8.66. The molecule has 20 heavy (non-hydrogen) atoms. The molecule has 1 N–H and O–H groups in total. The summed E-state index contributed by atoms with van der Waals surface area (Å²) in [6.45, 7) is 15.8. The van der Waals surface area contributed by atoms with Gasteiger partial charge in [0.2, 0.25) is 0 Å². The van der Waals surface area contributed by atoms with Gasteiger partial charge in [0.1, 0.15) is 0 Å². The molecular formula is C17H36N2O. The quantitative estimate of drug-likeness (QED) is 0.623. The Balaban J connectivity index is 1.99. The molecule has 3 heteroatoms. The summed E-state index contributed by atoms with van der Waals surface area (Å²) in [5.41, 5.74) is 0.651. The molecule has 1 aliphatic heterocycles. The first-order chi connectivity index (χ1) is 9.62. The lowest BCUT2D eigenvalue weighted by Crippen LogP contribution is -2.42. The predicted octanol–water partition coefficient (Wildman–Crippen LogP) is 3.29. The average Bonchev–Trinajstić information content (AvgIpc) is 2.47. The molecule has 0 aromatic rings. The van der Waals surface area contributed by atoms with Crippen LogP contribution in [-0.2, 0) is 4.74 Å². The zero-order valence-corrected chi connectivity index (χ0v) is 14.2. The minimum absolute atomic E-state index is 0.362. The van der Waals surface area contributed by atoms with E-state index in [2.05, 4.69) is 37.9 Å². The van der Waals surface area contributed by atoms with E-state index in [1.165, 1.54) is 45.3 Å². The summed E-state index contributed by atoms with van der Waals surface area (Å²) in [6.07, 6.45) is 6.97. The fraction of sp³-hybridized carbons (Fsp3) is 1.00. The highest BCUT2D eigenvalue weighted by Gasteiger charge is 2.30. The van der Waals surface area contributed by atoms with Gasteiger partial charge in [-0.25, -0.2) is 0 Å². The van der Waals surface area contributed by atoms with Gasteiger partial charge >= 0.3 is 0 Å². The molecule has 0 saturated carbocycles. The number of nitrogens with one attached hydrogen (secondary N) is 1. The van der Waals surface area contributed by atoms with E-state index in [-0.39, 0.29) is 0 Å². The second kappa shape index (κ2) is 9.75. The average molecular weight is 284 g/mol. The van der Waals surface area contributed by atoms with Gasteiger partial charge in [0.25, 0.3) is 0 Å². The van der Waals surface area contributed by atoms with Gasteiger partial charge in [-0.2, -0.15) is 0 Å². The summed E-state index contributed by atoms with van der Waals surface area (Å²) in [6, 6.07) is 0. The first kappa shape index (κ1) is 17.9. The van der Waals surface area contributed by atoms with Crippen molar-refractivity contribution in [3.05, 3.63) is 0 Å². The molecule has 0 atom stereocenters. The Morgan fingerprint density at radius 2 is 1.75 bits per heavy atom. The molecule has 1 aliphatic rings. The fourth-order valence-corrected chi connectivity index (χ4v) is 3.09. The molecule has 0 aromatic heterocycles. The van der Waals surface area contributed by atoms with Crippen molar-refractivity contribution in [3.8, 4) is 0 Å². The number of ether oxygens (including phenoxy) is 1. The van der Waals surface area contributed by atoms with Gasteiger partial charge in [-0.3, -0.25) is 0 Å². The van der Waals surface area contributed by atoms with E-state index >= 15 is 0 Å². The van der Waals surface area contributed by atoms with Gasteiger partial charge in [0.05, 0.1) is 6.10 Å². The maximum absolute atomic E-state index is 5.54. The summed E-state index contributed by atoms with van der Waals surface area (Å²) < 4.78 is 5.54. The molecule has 120 valence electrons. The molecule has 0 bridgehead atoms. The Hall–Kier alpha value is -0.120. The Morgan fingerprint density at radius 3 is 2.30 bits per heavy atom. The van der Waals surface area contributed by atoms with Crippen LogP contribution < -0.4 is 5.32 Å². The van der Waals surface area contributed by atoms with Crippen molar-refractivity contribution in [2.45, 2.75) is 65.9 Å². The Labute approximate surface area is 126 Å². The number of nitrogens with zero attached hydrogens (tertiary/aromatic N) is 1.